The van der Waals surface area contributed by atoms with Gasteiger partial charge in [-0.3, -0.25) is 9.98 Å². The van der Waals surface area contributed by atoms with Crippen LogP contribution in [0.2, 0.25) is 0 Å². The van der Waals surface area contributed by atoms with Crippen molar-refractivity contribution in [1.82, 2.24) is 0 Å². The molecule has 0 unspecified atom stereocenters. The molecule has 0 bridgehead atoms. The zero-order valence-electron chi connectivity index (χ0n) is 19.3. The Morgan fingerprint density at radius 2 is 0.931 bits per heavy atom. The number of rotatable bonds is 2. The zero-order valence-corrected chi connectivity index (χ0v) is 20.7. The summed E-state index contributed by atoms with van der Waals surface area (Å²) in [7, 11) is 0. The van der Waals surface area contributed by atoms with E-state index in [0.717, 1.165) is 22.6 Å². The van der Waals surface area contributed by atoms with E-state index in [1.54, 1.807) is 24.8 Å². The topological polar surface area (TPSA) is 52.9 Å². The summed E-state index contributed by atoms with van der Waals surface area (Å²) in [6.45, 7) is 17.1. The Morgan fingerprint density at radius 1 is 0.655 bits per heavy atom. The summed E-state index contributed by atoms with van der Waals surface area (Å²) in [6.07, 6.45) is 18.6. The number of hydrogen-bond donors (Lipinski definition) is 0. The van der Waals surface area contributed by atoms with Gasteiger partial charge in [0, 0.05) is 23.8 Å². The molecule has 0 fully saturated rings. The van der Waals surface area contributed by atoms with Crippen LogP contribution < -0.4 is 0 Å². The maximum Gasteiger partial charge on any atom is 2.00 e. The fraction of sp³-hybridized carbons (Fsp3) is 0.417. The molecule has 0 amide bonds. The van der Waals surface area contributed by atoms with Gasteiger partial charge in [-0.1, -0.05) is 65.8 Å². The second-order valence-electron chi connectivity index (χ2n) is 8.75. The van der Waals surface area contributed by atoms with Gasteiger partial charge < -0.3 is 10.6 Å². The van der Waals surface area contributed by atoms with E-state index in [2.05, 4.69) is 76.0 Å². The van der Waals surface area contributed by atoms with E-state index in [9.17, 15) is 0 Å². The molecule has 5 heteroatoms. The van der Waals surface area contributed by atoms with Crippen molar-refractivity contribution in [1.29, 1.82) is 0 Å². The predicted molar refractivity (Wildman–Crippen MR) is 130 cm³/mol. The number of aliphatic imine (C=N–C) groups is 2. The molecule has 0 N–H and O–H groups in total. The maximum atomic E-state index is 4.43. The average molecular weight is 403 g/mol. The molecule has 0 saturated heterocycles. The van der Waals surface area contributed by atoms with E-state index in [0.29, 0.717) is 0 Å². The summed E-state index contributed by atoms with van der Waals surface area (Å²) >= 11 is 0. The molecular formula is C24H34MgN4. The van der Waals surface area contributed by atoms with Crippen molar-refractivity contribution >= 4 is 34.5 Å². The molecule has 29 heavy (non-hydrogen) atoms. The Labute approximate surface area is 193 Å². The van der Waals surface area contributed by atoms with Crippen molar-refractivity contribution in [3.8, 4) is 0 Å². The van der Waals surface area contributed by atoms with Crippen molar-refractivity contribution in [3.05, 3.63) is 83.3 Å². The minimum Gasteiger partial charge on any atom is -0.670 e. The first kappa shape index (κ1) is 27.1. The van der Waals surface area contributed by atoms with Crippen LogP contribution in [-0.4, -0.2) is 34.5 Å². The predicted octanol–water partition coefficient (Wildman–Crippen LogP) is 7.20. The van der Waals surface area contributed by atoms with Crippen LogP contribution in [0.4, 0.5) is 0 Å². The fourth-order valence-electron chi connectivity index (χ4n) is 1.63. The van der Waals surface area contributed by atoms with Gasteiger partial charge in [0.15, 0.2) is 0 Å². The van der Waals surface area contributed by atoms with Gasteiger partial charge in [-0.05, 0) is 35.8 Å². The van der Waals surface area contributed by atoms with Crippen LogP contribution in [0.3, 0.4) is 0 Å². The second kappa shape index (κ2) is 12.7. The summed E-state index contributed by atoms with van der Waals surface area (Å²) in [5, 5.41) is 7.91. The molecule has 4 nitrogen and oxygen atoms in total. The minimum absolute atomic E-state index is 0. The standard InChI is InChI=1S/2C12H17N2.Mg/c2*1-10(12(2,3)4)14-9-11-5-7-13-8-6-11;/h2*5-9H,1-4H3;/q2*-1;+2. The molecular weight excluding hydrogens is 369 g/mol. The van der Waals surface area contributed by atoms with Gasteiger partial charge in [0.1, 0.15) is 0 Å². The number of allylic oxidation sites excluding steroid dienone is 6. The molecule has 2 rings (SSSR count). The molecule has 0 saturated carbocycles. The summed E-state index contributed by atoms with van der Waals surface area (Å²) in [5.41, 5.74) is 4.73. The van der Waals surface area contributed by atoms with Crippen molar-refractivity contribution in [2.75, 3.05) is 0 Å². The molecule has 0 aliphatic carbocycles. The van der Waals surface area contributed by atoms with Crippen LogP contribution in [0, 0.1) is 10.8 Å². The Bertz CT molecular complexity index is 668. The van der Waals surface area contributed by atoms with E-state index >= 15 is 0 Å². The number of nitrogens with zero attached hydrogens (tertiary/aromatic N) is 4. The van der Waals surface area contributed by atoms with E-state index in [1.165, 1.54) is 0 Å². The first-order valence-corrected chi connectivity index (χ1v) is 9.56. The van der Waals surface area contributed by atoms with Crippen molar-refractivity contribution in [2.24, 2.45) is 20.8 Å². The van der Waals surface area contributed by atoms with Gasteiger partial charge in [0.05, 0.1) is 0 Å². The van der Waals surface area contributed by atoms with E-state index < -0.39 is 0 Å². The van der Waals surface area contributed by atoms with Crippen molar-refractivity contribution < 1.29 is 0 Å². The molecule has 2 aliphatic rings. The molecule has 0 aromatic rings. The Hall–Kier alpha value is -1.85. The van der Waals surface area contributed by atoms with Gasteiger partial charge in [-0.25, -0.2) is 0 Å². The molecule has 152 valence electrons. The smallest absolute Gasteiger partial charge is 0.670 e. The second-order valence-corrected chi connectivity index (χ2v) is 8.75. The van der Waals surface area contributed by atoms with Crippen LogP contribution in [0.5, 0.6) is 0 Å². The van der Waals surface area contributed by atoms with E-state index in [4.69, 9.17) is 0 Å². The molecule has 0 aromatic heterocycles. The summed E-state index contributed by atoms with van der Waals surface area (Å²) in [4.78, 5) is 8.86. The Morgan fingerprint density at radius 3 is 1.17 bits per heavy atom. The van der Waals surface area contributed by atoms with Crippen LogP contribution >= 0.6 is 0 Å². The van der Waals surface area contributed by atoms with Gasteiger partial charge in [-0.2, -0.15) is 24.8 Å². The van der Waals surface area contributed by atoms with Gasteiger partial charge in [-0.15, -0.1) is 0 Å². The normalized spacial score (nSPS) is 16.3. The third kappa shape index (κ3) is 11.7. The first-order valence-electron chi connectivity index (χ1n) is 9.56. The summed E-state index contributed by atoms with van der Waals surface area (Å²) in [5.74, 6) is 0. The maximum absolute atomic E-state index is 4.43. The number of hydrogen-bond acceptors (Lipinski definition) is 2. The molecule has 0 radical (unpaired) electrons. The largest absolute Gasteiger partial charge is 2.00 e. The first-order chi connectivity index (χ1) is 13.0. The third-order valence-electron chi connectivity index (χ3n) is 4.40. The molecule has 0 spiro atoms. The average Bonchev–Trinajstić information content (AvgIpc) is 2.64. The molecule has 0 atom stereocenters. The van der Waals surface area contributed by atoms with Crippen molar-refractivity contribution in [3.63, 3.8) is 0 Å². The Kier molecular flexibility index (Phi) is 11.8. The minimum atomic E-state index is 0. The van der Waals surface area contributed by atoms with Gasteiger partial charge >= 0.3 is 23.1 Å². The fourth-order valence-corrected chi connectivity index (χ4v) is 1.63. The van der Waals surface area contributed by atoms with Crippen LogP contribution in [0.25, 0.3) is 10.6 Å². The van der Waals surface area contributed by atoms with E-state index in [-0.39, 0.29) is 33.9 Å². The SMILES string of the molecule is CC(=NC=C1C=C[N-]C=C1)C(C)(C)C.CC(=NC=C1C=C[N-]C=C1)C(C)(C)C.[Mg+2]. The van der Waals surface area contributed by atoms with Gasteiger partial charge in [0.2, 0.25) is 0 Å². The Balaban J connectivity index is 0.000000523. The summed E-state index contributed by atoms with van der Waals surface area (Å²) < 4.78 is 0. The molecule has 2 heterocycles. The van der Waals surface area contributed by atoms with Crippen LogP contribution in [0.1, 0.15) is 55.4 Å². The van der Waals surface area contributed by atoms with Crippen LogP contribution in [0.15, 0.2) is 82.6 Å². The zero-order chi connectivity index (χ0) is 21.2. The van der Waals surface area contributed by atoms with E-state index in [1.807, 2.05) is 36.7 Å². The van der Waals surface area contributed by atoms with Crippen LogP contribution in [-0.2, 0) is 0 Å². The molecule has 2 aliphatic heterocycles. The van der Waals surface area contributed by atoms with Crippen molar-refractivity contribution in [2.45, 2.75) is 55.4 Å². The monoisotopic (exact) mass is 402 g/mol. The quantitative estimate of drug-likeness (QED) is 0.346. The third-order valence-corrected chi connectivity index (χ3v) is 4.40. The van der Waals surface area contributed by atoms with Gasteiger partial charge in [0.25, 0.3) is 0 Å². The molecule has 0 aromatic carbocycles. The summed E-state index contributed by atoms with van der Waals surface area (Å²) in [6, 6.07) is 0.